The molecule has 122 valence electrons. The Labute approximate surface area is 136 Å². The lowest BCUT2D eigenvalue weighted by Gasteiger charge is -2.11. The van der Waals surface area contributed by atoms with E-state index in [2.05, 4.69) is 10.6 Å². The maximum absolute atomic E-state index is 11.9. The van der Waals surface area contributed by atoms with Gasteiger partial charge < -0.3 is 20.1 Å². The van der Waals surface area contributed by atoms with Gasteiger partial charge in [0, 0.05) is 18.7 Å². The van der Waals surface area contributed by atoms with Crippen LogP contribution in [0.2, 0.25) is 0 Å². The van der Waals surface area contributed by atoms with E-state index in [4.69, 9.17) is 9.47 Å². The molecule has 0 aliphatic heterocycles. The fraction of sp³-hybridized carbons (Fsp3) is 0.278. The van der Waals surface area contributed by atoms with Crippen LogP contribution in [0.3, 0.4) is 0 Å². The Morgan fingerprint density at radius 1 is 1.00 bits per heavy atom. The highest BCUT2D eigenvalue weighted by Gasteiger charge is 2.04. The Balaban J connectivity index is 1.78. The normalized spacial score (nSPS) is 10.0. The second kappa shape index (κ2) is 8.68. The van der Waals surface area contributed by atoms with Gasteiger partial charge >= 0.3 is 6.03 Å². The molecule has 0 aliphatic carbocycles. The monoisotopic (exact) mass is 314 g/mol. The molecule has 0 heterocycles. The van der Waals surface area contributed by atoms with Crippen LogP contribution in [-0.4, -0.2) is 19.7 Å². The number of hydrogen-bond acceptors (Lipinski definition) is 3. The molecule has 0 bridgehead atoms. The standard InChI is InChI=1S/C18H22N2O3/c1-3-23-16-10-8-14(9-11-16)12-19-18(21)20-13-15-6-4-5-7-17(15)22-2/h4-11H,3,12-13H2,1-2H3,(H2,19,20,21). The second-order valence-electron chi connectivity index (χ2n) is 4.93. The van der Waals surface area contributed by atoms with Crippen LogP contribution in [0.25, 0.3) is 0 Å². The van der Waals surface area contributed by atoms with E-state index in [0.29, 0.717) is 19.7 Å². The highest BCUT2D eigenvalue weighted by atomic mass is 16.5. The molecular formula is C18H22N2O3. The fourth-order valence-electron chi connectivity index (χ4n) is 2.14. The smallest absolute Gasteiger partial charge is 0.315 e. The Kier molecular flexibility index (Phi) is 6.29. The van der Waals surface area contributed by atoms with Crippen molar-refractivity contribution in [3.05, 3.63) is 59.7 Å². The summed E-state index contributed by atoms with van der Waals surface area (Å²) in [6.07, 6.45) is 0. The van der Waals surface area contributed by atoms with E-state index >= 15 is 0 Å². The van der Waals surface area contributed by atoms with E-state index < -0.39 is 0 Å². The zero-order valence-electron chi connectivity index (χ0n) is 13.5. The number of rotatable bonds is 7. The minimum absolute atomic E-state index is 0.218. The number of methoxy groups -OCH3 is 1. The third-order valence-corrected chi connectivity index (χ3v) is 3.32. The van der Waals surface area contributed by atoms with Crippen LogP contribution in [0.5, 0.6) is 11.5 Å². The van der Waals surface area contributed by atoms with Gasteiger partial charge in [-0.3, -0.25) is 0 Å². The molecule has 0 saturated carbocycles. The molecule has 5 heteroatoms. The third kappa shape index (κ3) is 5.21. The first kappa shape index (κ1) is 16.7. The quantitative estimate of drug-likeness (QED) is 0.825. The van der Waals surface area contributed by atoms with Gasteiger partial charge in [0.25, 0.3) is 0 Å². The van der Waals surface area contributed by atoms with Gasteiger partial charge in [0.2, 0.25) is 0 Å². The molecule has 0 aliphatic rings. The molecule has 0 atom stereocenters. The third-order valence-electron chi connectivity index (χ3n) is 3.32. The molecule has 23 heavy (non-hydrogen) atoms. The van der Waals surface area contributed by atoms with Crippen LogP contribution in [0, 0.1) is 0 Å². The van der Waals surface area contributed by atoms with Crippen molar-refractivity contribution in [3.8, 4) is 11.5 Å². The molecule has 0 saturated heterocycles. The summed E-state index contributed by atoms with van der Waals surface area (Å²) >= 11 is 0. The maximum atomic E-state index is 11.9. The molecule has 2 rings (SSSR count). The van der Waals surface area contributed by atoms with Crippen LogP contribution in [0.4, 0.5) is 4.79 Å². The lowest BCUT2D eigenvalue weighted by Crippen LogP contribution is -2.34. The minimum atomic E-state index is -0.218. The van der Waals surface area contributed by atoms with E-state index in [1.165, 1.54) is 0 Å². The van der Waals surface area contributed by atoms with Gasteiger partial charge in [-0.2, -0.15) is 0 Å². The summed E-state index contributed by atoms with van der Waals surface area (Å²) in [6.45, 7) is 3.47. The summed E-state index contributed by atoms with van der Waals surface area (Å²) in [7, 11) is 1.62. The van der Waals surface area contributed by atoms with Gasteiger partial charge in [-0.15, -0.1) is 0 Å². The molecule has 0 spiro atoms. The van der Waals surface area contributed by atoms with Crippen molar-refractivity contribution >= 4 is 6.03 Å². The molecule has 0 radical (unpaired) electrons. The molecule has 0 unspecified atom stereocenters. The van der Waals surface area contributed by atoms with E-state index in [-0.39, 0.29) is 6.03 Å². The van der Waals surface area contributed by atoms with Crippen LogP contribution in [0.1, 0.15) is 18.1 Å². The van der Waals surface area contributed by atoms with E-state index in [9.17, 15) is 4.79 Å². The number of hydrogen-bond donors (Lipinski definition) is 2. The van der Waals surface area contributed by atoms with Crippen molar-refractivity contribution in [1.82, 2.24) is 10.6 Å². The Morgan fingerprint density at radius 2 is 1.70 bits per heavy atom. The first-order valence-corrected chi connectivity index (χ1v) is 7.58. The molecule has 2 aromatic rings. The Hall–Kier alpha value is -2.69. The Bertz CT molecular complexity index is 626. The number of urea groups is 1. The van der Waals surface area contributed by atoms with Gasteiger partial charge in [-0.05, 0) is 30.7 Å². The van der Waals surface area contributed by atoms with Gasteiger partial charge in [0.05, 0.1) is 13.7 Å². The second-order valence-corrected chi connectivity index (χ2v) is 4.93. The number of nitrogens with one attached hydrogen (secondary N) is 2. The van der Waals surface area contributed by atoms with Crippen molar-refractivity contribution in [1.29, 1.82) is 0 Å². The first-order chi connectivity index (χ1) is 11.2. The largest absolute Gasteiger partial charge is 0.496 e. The highest BCUT2D eigenvalue weighted by molar-refractivity contribution is 5.73. The number of amides is 2. The van der Waals surface area contributed by atoms with Crippen molar-refractivity contribution in [2.45, 2.75) is 20.0 Å². The van der Waals surface area contributed by atoms with Crippen molar-refractivity contribution in [2.24, 2.45) is 0 Å². The molecule has 2 aromatic carbocycles. The van der Waals surface area contributed by atoms with Crippen LogP contribution < -0.4 is 20.1 Å². The lowest BCUT2D eigenvalue weighted by atomic mass is 10.2. The maximum Gasteiger partial charge on any atom is 0.315 e. The highest BCUT2D eigenvalue weighted by Crippen LogP contribution is 2.16. The topological polar surface area (TPSA) is 59.6 Å². The average molecular weight is 314 g/mol. The van der Waals surface area contributed by atoms with Gasteiger partial charge in [0.15, 0.2) is 0 Å². The van der Waals surface area contributed by atoms with Gasteiger partial charge in [-0.25, -0.2) is 4.79 Å². The van der Waals surface area contributed by atoms with Crippen molar-refractivity contribution < 1.29 is 14.3 Å². The number of carbonyl (C=O) groups is 1. The number of ether oxygens (including phenoxy) is 2. The first-order valence-electron chi connectivity index (χ1n) is 7.58. The summed E-state index contributed by atoms with van der Waals surface area (Å²) in [6, 6.07) is 15.0. The minimum Gasteiger partial charge on any atom is -0.496 e. The van der Waals surface area contributed by atoms with Crippen LogP contribution in [0.15, 0.2) is 48.5 Å². The summed E-state index contributed by atoms with van der Waals surface area (Å²) < 4.78 is 10.6. The number of benzene rings is 2. The molecule has 0 fully saturated rings. The summed E-state index contributed by atoms with van der Waals surface area (Å²) in [5.41, 5.74) is 1.95. The SMILES string of the molecule is CCOc1ccc(CNC(=O)NCc2ccccc2OC)cc1. The Morgan fingerprint density at radius 3 is 2.39 bits per heavy atom. The molecule has 2 amide bonds. The average Bonchev–Trinajstić information content (AvgIpc) is 2.60. The molecule has 0 aromatic heterocycles. The van der Waals surface area contributed by atoms with Gasteiger partial charge in [-0.1, -0.05) is 30.3 Å². The fourth-order valence-corrected chi connectivity index (χ4v) is 2.14. The van der Waals surface area contributed by atoms with Crippen molar-refractivity contribution in [3.63, 3.8) is 0 Å². The predicted octanol–water partition coefficient (Wildman–Crippen LogP) is 3.09. The lowest BCUT2D eigenvalue weighted by molar-refractivity contribution is 0.240. The van der Waals surface area contributed by atoms with E-state index in [1.54, 1.807) is 7.11 Å². The van der Waals surface area contributed by atoms with E-state index in [0.717, 1.165) is 22.6 Å². The zero-order valence-corrected chi connectivity index (χ0v) is 13.5. The number of para-hydroxylation sites is 1. The van der Waals surface area contributed by atoms with Crippen LogP contribution >= 0.6 is 0 Å². The number of carbonyl (C=O) groups excluding carboxylic acids is 1. The zero-order chi connectivity index (χ0) is 16.5. The molecule has 5 nitrogen and oxygen atoms in total. The van der Waals surface area contributed by atoms with Gasteiger partial charge in [0.1, 0.15) is 11.5 Å². The summed E-state index contributed by atoms with van der Waals surface area (Å²) in [5, 5.41) is 5.65. The van der Waals surface area contributed by atoms with Crippen LogP contribution in [-0.2, 0) is 13.1 Å². The van der Waals surface area contributed by atoms with E-state index in [1.807, 2.05) is 55.5 Å². The molecule has 2 N–H and O–H groups in total. The predicted molar refractivity (Wildman–Crippen MR) is 89.7 cm³/mol. The molecular weight excluding hydrogens is 292 g/mol. The summed E-state index contributed by atoms with van der Waals surface area (Å²) in [4.78, 5) is 11.9. The summed E-state index contributed by atoms with van der Waals surface area (Å²) in [5.74, 6) is 1.59. The van der Waals surface area contributed by atoms with Crippen molar-refractivity contribution in [2.75, 3.05) is 13.7 Å².